The Morgan fingerprint density at radius 2 is 2.29 bits per heavy atom. The molecule has 0 atom stereocenters. The van der Waals surface area contributed by atoms with Gasteiger partial charge >= 0.3 is 0 Å². The Kier molecular flexibility index (Phi) is 5.65. The van der Waals surface area contributed by atoms with E-state index in [1.54, 1.807) is 11.3 Å². The zero-order chi connectivity index (χ0) is 12.7. The Bertz CT molecular complexity index is 333. The molecule has 0 radical (unpaired) electrons. The van der Waals surface area contributed by atoms with Gasteiger partial charge in [-0.2, -0.15) is 0 Å². The summed E-state index contributed by atoms with van der Waals surface area (Å²) in [7, 11) is 0. The second-order valence-electron chi connectivity index (χ2n) is 4.99. The van der Waals surface area contributed by atoms with Gasteiger partial charge in [0.05, 0.1) is 0 Å². The van der Waals surface area contributed by atoms with Crippen LogP contribution in [-0.2, 0) is 11.2 Å². The van der Waals surface area contributed by atoms with Crippen LogP contribution in [0.3, 0.4) is 0 Å². The molecule has 1 aromatic rings. The second-order valence-corrected chi connectivity index (χ2v) is 6.03. The van der Waals surface area contributed by atoms with Crippen molar-refractivity contribution >= 4 is 17.2 Å². The zero-order valence-electron chi connectivity index (χ0n) is 10.5. The third kappa shape index (κ3) is 5.84. The van der Waals surface area contributed by atoms with Crippen LogP contribution in [0, 0.1) is 5.41 Å². The number of amides is 1. The molecular weight excluding hydrogens is 234 g/mol. The van der Waals surface area contributed by atoms with Crippen LogP contribution in [0.4, 0.5) is 0 Å². The molecule has 0 aliphatic heterocycles. The Morgan fingerprint density at radius 1 is 1.53 bits per heavy atom. The van der Waals surface area contributed by atoms with E-state index in [1.807, 2.05) is 31.4 Å². The van der Waals surface area contributed by atoms with Crippen molar-refractivity contribution in [3.05, 3.63) is 22.4 Å². The number of carbonyl (C=O) groups is 1. The Hall–Kier alpha value is -0.870. The molecule has 96 valence electrons. The van der Waals surface area contributed by atoms with Gasteiger partial charge in [-0.15, -0.1) is 11.3 Å². The minimum Gasteiger partial charge on any atom is -0.396 e. The summed E-state index contributed by atoms with van der Waals surface area (Å²) < 4.78 is 0. The molecule has 0 aliphatic carbocycles. The van der Waals surface area contributed by atoms with Crippen LogP contribution in [0.1, 0.15) is 31.6 Å². The van der Waals surface area contributed by atoms with Crippen LogP contribution in [0.15, 0.2) is 17.5 Å². The largest absolute Gasteiger partial charge is 0.396 e. The lowest BCUT2D eigenvalue weighted by Gasteiger charge is -2.23. The molecule has 0 saturated heterocycles. The third-order valence-corrected chi connectivity index (χ3v) is 3.67. The third-order valence-electron chi connectivity index (χ3n) is 2.73. The van der Waals surface area contributed by atoms with Crippen LogP contribution in [0.25, 0.3) is 0 Å². The van der Waals surface area contributed by atoms with Crippen LogP contribution in [0.2, 0.25) is 0 Å². The molecule has 1 amide bonds. The zero-order valence-corrected chi connectivity index (χ0v) is 11.3. The van der Waals surface area contributed by atoms with E-state index in [1.165, 1.54) is 4.88 Å². The molecule has 17 heavy (non-hydrogen) atoms. The number of aliphatic hydroxyl groups is 1. The van der Waals surface area contributed by atoms with Crippen molar-refractivity contribution in [3.63, 3.8) is 0 Å². The average Bonchev–Trinajstić information content (AvgIpc) is 2.76. The van der Waals surface area contributed by atoms with Crippen molar-refractivity contribution in [3.8, 4) is 0 Å². The molecule has 0 aliphatic rings. The predicted molar refractivity (Wildman–Crippen MR) is 71.1 cm³/mol. The summed E-state index contributed by atoms with van der Waals surface area (Å²) in [5.41, 5.74) is -0.0344. The van der Waals surface area contributed by atoms with Crippen LogP contribution in [0.5, 0.6) is 0 Å². The van der Waals surface area contributed by atoms with Gasteiger partial charge in [0.25, 0.3) is 0 Å². The topological polar surface area (TPSA) is 49.3 Å². The van der Waals surface area contributed by atoms with Gasteiger partial charge in [-0.25, -0.2) is 0 Å². The second kappa shape index (κ2) is 6.77. The fraction of sp³-hybridized carbons (Fsp3) is 0.615. The Morgan fingerprint density at radius 3 is 2.88 bits per heavy atom. The number of hydrogen-bond donors (Lipinski definition) is 2. The molecule has 1 heterocycles. The summed E-state index contributed by atoms with van der Waals surface area (Å²) in [6.45, 7) is 4.88. The molecule has 0 unspecified atom stereocenters. The van der Waals surface area contributed by atoms with Crippen LogP contribution in [-0.4, -0.2) is 24.2 Å². The number of rotatable bonds is 7. The van der Waals surface area contributed by atoms with Gasteiger partial charge in [0.1, 0.15) is 0 Å². The normalized spacial score (nSPS) is 11.5. The number of carbonyl (C=O) groups excluding carboxylic acids is 1. The van der Waals surface area contributed by atoms with Crippen molar-refractivity contribution in [1.82, 2.24) is 5.32 Å². The lowest BCUT2D eigenvalue weighted by Crippen LogP contribution is -2.34. The van der Waals surface area contributed by atoms with Crippen molar-refractivity contribution < 1.29 is 9.90 Å². The highest BCUT2D eigenvalue weighted by atomic mass is 32.1. The van der Waals surface area contributed by atoms with Gasteiger partial charge in [-0.1, -0.05) is 19.9 Å². The minimum atomic E-state index is -0.0344. The highest BCUT2D eigenvalue weighted by Crippen LogP contribution is 2.18. The number of hydrogen-bond acceptors (Lipinski definition) is 3. The van der Waals surface area contributed by atoms with Crippen LogP contribution >= 0.6 is 11.3 Å². The molecule has 1 rings (SSSR count). The van der Waals surface area contributed by atoms with E-state index in [4.69, 9.17) is 5.11 Å². The highest BCUT2D eigenvalue weighted by molar-refractivity contribution is 7.09. The number of aryl methyl sites for hydroxylation is 1. The van der Waals surface area contributed by atoms with Gasteiger partial charge < -0.3 is 10.4 Å². The van der Waals surface area contributed by atoms with Gasteiger partial charge in [-0.3, -0.25) is 4.79 Å². The molecule has 3 nitrogen and oxygen atoms in total. The summed E-state index contributed by atoms with van der Waals surface area (Å²) in [4.78, 5) is 12.9. The van der Waals surface area contributed by atoms with Crippen LogP contribution < -0.4 is 5.32 Å². The molecule has 0 spiro atoms. The monoisotopic (exact) mass is 255 g/mol. The van der Waals surface area contributed by atoms with E-state index in [2.05, 4.69) is 5.32 Å². The summed E-state index contributed by atoms with van der Waals surface area (Å²) in [5.74, 6) is 0.0874. The van der Waals surface area contributed by atoms with Gasteiger partial charge in [-0.05, 0) is 29.7 Å². The first-order valence-electron chi connectivity index (χ1n) is 5.93. The number of aliphatic hydroxyl groups excluding tert-OH is 1. The van der Waals surface area contributed by atoms with Gasteiger partial charge in [0, 0.05) is 24.4 Å². The van der Waals surface area contributed by atoms with Crippen molar-refractivity contribution in [2.45, 2.75) is 33.1 Å². The standard InChI is InChI=1S/C13H21NO2S/c1-13(2,7-8-15)10-14-12(16)6-5-11-4-3-9-17-11/h3-4,9,15H,5-8,10H2,1-2H3,(H,14,16). The maximum Gasteiger partial charge on any atom is 0.220 e. The van der Waals surface area contributed by atoms with E-state index >= 15 is 0 Å². The molecule has 4 heteroatoms. The molecule has 2 N–H and O–H groups in total. The van der Waals surface area contributed by atoms with Crippen molar-refractivity contribution in [2.24, 2.45) is 5.41 Å². The first-order chi connectivity index (χ1) is 8.03. The highest BCUT2D eigenvalue weighted by Gasteiger charge is 2.17. The molecule has 0 fully saturated rings. The van der Waals surface area contributed by atoms with E-state index in [-0.39, 0.29) is 17.9 Å². The maximum atomic E-state index is 11.6. The van der Waals surface area contributed by atoms with Crippen molar-refractivity contribution in [1.29, 1.82) is 0 Å². The minimum absolute atomic E-state index is 0.0344. The first-order valence-corrected chi connectivity index (χ1v) is 6.81. The predicted octanol–water partition coefficient (Wildman–Crippen LogP) is 2.21. The molecular formula is C13H21NO2S. The van der Waals surface area contributed by atoms with E-state index in [0.717, 1.165) is 6.42 Å². The number of thiophene rings is 1. The fourth-order valence-electron chi connectivity index (χ4n) is 1.51. The fourth-order valence-corrected chi connectivity index (χ4v) is 2.22. The lowest BCUT2D eigenvalue weighted by atomic mass is 9.90. The number of nitrogens with one attached hydrogen (secondary N) is 1. The lowest BCUT2D eigenvalue weighted by molar-refractivity contribution is -0.121. The summed E-state index contributed by atoms with van der Waals surface area (Å²) in [6.07, 6.45) is 2.05. The molecule has 0 saturated carbocycles. The Balaban J connectivity index is 2.21. The Labute approximate surface area is 107 Å². The van der Waals surface area contributed by atoms with E-state index in [0.29, 0.717) is 19.4 Å². The quantitative estimate of drug-likeness (QED) is 0.785. The molecule has 0 aromatic carbocycles. The summed E-state index contributed by atoms with van der Waals surface area (Å²) in [6, 6.07) is 4.05. The van der Waals surface area contributed by atoms with Gasteiger partial charge in [0.15, 0.2) is 0 Å². The van der Waals surface area contributed by atoms with E-state index < -0.39 is 0 Å². The molecule has 0 bridgehead atoms. The smallest absolute Gasteiger partial charge is 0.220 e. The first kappa shape index (κ1) is 14.2. The van der Waals surface area contributed by atoms with Gasteiger partial charge in [0.2, 0.25) is 5.91 Å². The SMILES string of the molecule is CC(C)(CCO)CNC(=O)CCc1cccs1. The van der Waals surface area contributed by atoms with E-state index in [9.17, 15) is 4.79 Å². The average molecular weight is 255 g/mol. The summed E-state index contributed by atoms with van der Waals surface area (Å²) in [5, 5.41) is 13.8. The summed E-state index contributed by atoms with van der Waals surface area (Å²) >= 11 is 1.68. The maximum absolute atomic E-state index is 11.6. The van der Waals surface area contributed by atoms with Crippen molar-refractivity contribution in [2.75, 3.05) is 13.2 Å². The molecule has 1 aromatic heterocycles.